The zero-order chi connectivity index (χ0) is 15.9. The molecule has 1 atom stereocenters. The van der Waals surface area contributed by atoms with Crippen LogP contribution in [-0.4, -0.2) is 5.75 Å². The molecule has 3 heteroatoms. The second-order valence-corrected chi connectivity index (χ2v) is 7.63. The van der Waals surface area contributed by atoms with Crippen molar-refractivity contribution < 1.29 is 4.42 Å². The molecule has 22 heavy (non-hydrogen) atoms. The Morgan fingerprint density at radius 2 is 2.05 bits per heavy atom. The quantitative estimate of drug-likeness (QED) is 0.288. The Balaban J connectivity index is 1.92. The third-order valence-electron chi connectivity index (χ3n) is 4.22. The van der Waals surface area contributed by atoms with E-state index in [9.17, 15) is 0 Å². The minimum atomic E-state index is 0.584. The highest BCUT2D eigenvalue weighted by Gasteiger charge is 2.06. The molecule has 0 bridgehead atoms. The van der Waals surface area contributed by atoms with Crippen molar-refractivity contribution >= 4 is 34.9 Å². The van der Waals surface area contributed by atoms with Crippen molar-refractivity contribution in [3.8, 4) is 0 Å². The summed E-state index contributed by atoms with van der Waals surface area (Å²) in [6.45, 7) is 6.70. The number of unbranched alkanes of at least 4 members (excludes halogenated alkanes) is 2. The highest BCUT2D eigenvalue weighted by Crippen LogP contribution is 2.31. The van der Waals surface area contributed by atoms with Crippen LogP contribution in [0.25, 0.3) is 11.0 Å². The minimum absolute atomic E-state index is 0.584. The standard InChI is InChI=1S/C19H26OS2/c1-4-14(2)9-6-5-7-12-22-17-13-18(21)20-19-15(3)10-8-11-16(17)19/h8,10-11,13-14H,4-7,9,12H2,1-3H3. The van der Waals surface area contributed by atoms with Crippen molar-refractivity contribution in [2.45, 2.75) is 57.8 Å². The van der Waals surface area contributed by atoms with Gasteiger partial charge in [0.2, 0.25) is 0 Å². The lowest BCUT2D eigenvalue weighted by Crippen LogP contribution is -1.92. The molecular weight excluding hydrogens is 308 g/mol. The summed E-state index contributed by atoms with van der Waals surface area (Å²) in [6.07, 6.45) is 6.62. The summed E-state index contributed by atoms with van der Waals surface area (Å²) in [5.41, 5.74) is 2.09. The van der Waals surface area contributed by atoms with Gasteiger partial charge in [-0.1, -0.05) is 57.7 Å². The Kier molecular flexibility index (Phi) is 6.97. The SMILES string of the molecule is CCC(C)CCCCCSc1cc(=S)oc2c(C)cccc12. The third-order valence-corrected chi connectivity index (χ3v) is 5.57. The zero-order valence-corrected chi connectivity index (χ0v) is 15.5. The Morgan fingerprint density at radius 1 is 1.23 bits per heavy atom. The number of fused-ring (bicyclic) bond motifs is 1. The predicted molar refractivity (Wildman–Crippen MR) is 100 cm³/mol. The first-order valence-electron chi connectivity index (χ1n) is 8.28. The molecule has 2 rings (SSSR count). The van der Waals surface area contributed by atoms with Gasteiger partial charge in [0.05, 0.1) is 0 Å². The monoisotopic (exact) mass is 334 g/mol. The van der Waals surface area contributed by atoms with Crippen LogP contribution >= 0.6 is 24.0 Å². The first kappa shape index (κ1) is 17.6. The van der Waals surface area contributed by atoms with E-state index >= 15 is 0 Å². The Hall–Kier alpha value is -0.800. The van der Waals surface area contributed by atoms with Crippen LogP contribution in [-0.2, 0) is 0 Å². The fourth-order valence-electron chi connectivity index (χ4n) is 2.57. The van der Waals surface area contributed by atoms with Crippen LogP contribution in [0.3, 0.4) is 0 Å². The zero-order valence-electron chi connectivity index (χ0n) is 13.9. The highest BCUT2D eigenvalue weighted by molar-refractivity contribution is 7.99. The summed E-state index contributed by atoms with van der Waals surface area (Å²) in [7, 11) is 0. The molecule has 2 aromatic rings. The minimum Gasteiger partial charge on any atom is -0.445 e. The van der Waals surface area contributed by atoms with Gasteiger partial charge in [-0.2, -0.15) is 0 Å². The van der Waals surface area contributed by atoms with E-state index < -0.39 is 0 Å². The molecule has 0 spiro atoms. The maximum absolute atomic E-state index is 5.72. The largest absolute Gasteiger partial charge is 0.445 e. The van der Waals surface area contributed by atoms with E-state index in [2.05, 4.69) is 39.0 Å². The molecule has 0 saturated heterocycles. The van der Waals surface area contributed by atoms with Gasteiger partial charge < -0.3 is 4.42 Å². The molecule has 120 valence electrons. The average Bonchev–Trinajstić information content (AvgIpc) is 2.51. The molecule has 1 nitrogen and oxygen atoms in total. The molecule has 1 unspecified atom stereocenters. The second-order valence-electron chi connectivity index (χ2n) is 6.09. The van der Waals surface area contributed by atoms with Crippen LogP contribution in [0.4, 0.5) is 0 Å². The molecular formula is C19H26OS2. The van der Waals surface area contributed by atoms with Crippen LogP contribution in [0.1, 0.15) is 51.5 Å². The predicted octanol–water partition coefficient (Wildman–Crippen LogP) is 7.17. The van der Waals surface area contributed by atoms with Gasteiger partial charge in [-0.3, -0.25) is 0 Å². The summed E-state index contributed by atoms with van der Waals surface area (Å²) in [6, 6.07) is 8.29. The first-order chi connectivity index (χ1) is 10.6. The lowest BCUT2D eigenvalue weighted by atomic mass is 10.0. The summed E-state index contributed by atoms with van der Waals surface area (Å²) in [5.74, 6) is 2.03. The Morgan fingerprint density at radius 3 is 2.82 bits per heavy atom. The van der Waals surface area contributed by atoms with E-state index in [1.165, 1.54) is 42.4 Å². The number of aryl methyl sites for hydroxylation is 1. The average molecular weight is 335 g/mol. The van der Waals surface area contributed by atoms with Gasteiger partial charge in [-0.15, -0.1) is 11.8 Å². The molecule has 1 heterocycles. The van der Waals surface area contributed by atoms with E-state index in [0.717, 1.165) is 22.8 Å². The van der Waals surface area contributed by atoms with Crippen LogP contribution in [0, 0.1) is 17.5 Å². The maximum Gasteiger partial charge on any atom is 0.191 e. The molecule has 1 aromatic carbocycles. The van der Waals surface area contributed by atoms with Gasteiger partial charge in [0.1, 0.15) is 5.58 Å². The summed E-state index contributed by atoms with van der Waals surface area (Å²) in [5, 5.41) is 1.19. The maximum atomic E-state index is 5.72. The lowest BCUT2D eigenvalue weighted by Gasteiger charge is -2.09. The van der Waals surface area contributed by atoms with Crippen LogP contribution in [0.2, 0.25) is 0 Å². The van der Waals surface area contributed by atoms with Gasteiger partial charge in [-0.25, -0.2) is 0 Å². The topological polar surface area (TPSA) is 13.1 Å². The summed E-state index contributed by atoms with van der Waals surface area (Å²) in [4.78, 5) is 1.26. The van der Waals surface area contributed by atoms with E-state index in [-0.39, 0.29) is 0 Å². The third kappa shape index (κ3) is 4.85. The van der Waals surface area contributed by atoms with Gasteiger partial charge in [-0.05, 0) is 42.8 Å². The molecule has 0 radical (unpaired) electrons. The van der Waals surface area contributed by atoms with Gasteiger partial charge >= 0.3 is 0 Å². The number of benzene rings is 1. The first-order valence-corrected chi connectivity index (χ1v) is 9.67. The van der Waals surface area contributed by atoms with Gasteiger partial charge in [0, 0.05) is 16.3 Å². The Labute approximate surface area is 143 Å². The van der Waals surface area contributed by atoms with Crippen LogP contribution < -0.4 is 0 Å². The summed E-state index contributed by atoms with van der Waals surface area (Å²) >= 11 is 7.18. The van der Waals surface area contributed by atoms with Crippen molar-refractivity contribution in [2.24, 2.45) is 5.92 Å². The van der Waals surface area contributed by atoms with Crippen molar-refractivity contribution in [1.82, 2.24) is 0 Å². The fraction of sp³-hybridized carbons (Fsp3) is 0.526. The smallest absolute Gasteiger partial charge is 0.191 e. The number of rotatable bonds is 8. The van der Waals surface area contributed by atoms with Crippen molar-refractivity contribution in [3.63, 3.8) is 0 Å². The van der Waals surface area contributed by atoms with E-state index in [4.69, 9.17) is 16.6 Å². The summed E-state index contributed by atoms with van der Waals surface area (Å²) < 4.78 is 6.30. The lowest BCUT2D eigenvalue weighted by molar-refractivity contribution is 0.483. The van der Waals surface area contributed by atoms with E-state index in [0.29, 0.717) is 4.71 Å². The molecule has 1 aromatic heterocycles. The van der Waals surface area contributed by atoms with Crippen LogP contribution in [0.15, 0.2) is 33.6 Å². The number of para-hydroxylation sites is 1. The molecule has 0 saturated carbocycles. The van der Waals surface area contributed by atoms with E-state index in [1.807, 2.05) is 17.8 Å². The van der Waals surface area contributed by atoms with Gasteiger partial charge in [0.25, 0.3) is 0 Å². The molecule has 0 amide bonds. The number of hydrogen-bond acceptors (Lipinski definition) is 3. The van der Waals surface area contributed by atoms with Crippen LogP contribution in [0.5, 0.6) is 0 Å². The molecule has 0 N–H and O–H groups in total. The van der Waals surface area contributed by atoms with Crippen molar-refractivity contribution in [2.75, 3.05) is 5.75 Å². The fourth-order valence-corrected chi connectivity index (χ4v) is 3.92. The molecule has 0 fully saturated rings. The second kappa shape index (κ2) is 8.73. The van der Waals surface area contributed by atoms with Gasteiger partial charge in [0.15, 0.2) is 4.71 Å². The Bertz CT molecular complexity index is 660. The van der Waals surface area contributed by atoms with Crippen molar-refractivity contribution in [1.29, 1.82) is 0 Å². The molecule has 0 aliphatic rings. The number of thioether (sulfide) groups is 1. The number of hydrogen-bond donors (Lipinski definition) is 0. The molecule has 0 aliphatic carbocycles. The van der Waals surface area contributed by atoms with E-state index in [1.54, 1.807) is 0 Å². The highest BCUT2D eigenvalue weighted by atomic mass is 32.2. The molecule has 0 aliphatic heterocycles. The van der Waals surface area contributed by atoms with Crippen molar-refractivity contribution in [3.05, 3.63) is 34.5 Å². The normalized spacial score (nSPS) is 12.7.